The highest BCUT2D eigenvalue weighted by molar-refractivity contribution is 6.05. The first-order valence-electron chi connectivity index (χ1n) is 7.48. The smallest absolute Gasteiger partial charge is 0.262 e. The van der Waals surface area contributed by atoms with Crippen LogP contribution in [0.4, 0.5) is 5.82 Å². The van der Waals surface area contributed by atoms with Crippen molar-refractivity contribution in [2.75, 3.05) is 19.5 Å². The number of ether oxygens (including phenoxy) is 2. The molecule has 0 atom stereocenters. The first-order valence-corrected chi connectivity index (χ1v) is 7.48. The van der Waals surface area contributed by atoms with Gasteiger partial charge in [-0.2, -0.15) is 10.1 Å². The second kappa shape index (κ2) is 7.00. The zero-order valence-corrected chi connectivity index (χ0v) is 14.1. The van der Waals surface area contributed by atoms with Gasteiger partial charge in [0.15, 0.2) is 0 Å². The van der Waals surface area contributed by atoms with E-state index in [-0.39, 0.29) is 11.8 Å². The van der Waals surface area contributed by atoms with Crippen LogP contribution in [0, 0.1) is 0 Å². The number of aryl methyl sites for hydroxylation is 1. The topological polar surface area (TPSA) is 91.2 Å². The largest absolute Gasteiger partial charge is 0.481 e. The normalized spacial score (nSPS) is 10.4. The third kappa shape index (κ3) is 3.42. The van der Waals surface area contributed by atoms with Crippen molar-refractivity contribution in [2.45, 2.75) is 0 Å². The van der Waals surface area contributed by atoms with Crippen LogP contribution in [-0.4, -0.2) is 39.9 Å². The summed E-state index contributed by atoms with van der Waals surface area (Å²) in [6.07, 6.45) is 1.69. The van der Waals surface area contributed by atoms with E-state index in [1.54, 1.807) is 36.1 Å². The molecule has 8 heteroatoms. The fourth-order valence-corrected chi connectivity index (χ4v) is 2.27. The number of amides is 1. The molecule has 0 saturated carbocycles. The number of methoxy groups -OCH3 is 2. The van der Waals surface area contributed by atoms with Crippen LogP contribution in [0.3, 0.4) is 0 Å². The average molecular weight is 339 g/mol. The summed E-state index contributed by atoms with van der Waals surface area (Å²) in [5, 5.41) is 7.17. The molecule has 25 heavy (non-hydrogen) atoms. The molecule has 0 aliphatic carbocycles. The highest BCUT2D eigenvalue weighted by atomic mass is 16.5. The van der Waals surface area contributed by atoms with Gasteiger partial charge in [0.25, 0.3) is 5.91 Å². The van der Waals surface area contributed by atoms with Crippen molar-refractivity contribution in [3.63, 3.8) is 0 Å². The highest BCUT2D eigenvalue weighted by Crippen LogP contribution is 2.23. The van der Waals surface area contributed by atoms with Gasteiger partial charge in [-0.25, -0.2) is 0 Å². The van der Waals surface area contributed by atoms with E-state index in [1.165, 1.54) is 14.2 Å². The van der Waals surface area contributed by atoms with Crippen molar-refractivity contribution in [1.29, 1.82) is 0 Å². The number of rotatable bonds is 5. The lowest BCUT2D eigenvalue weighted by molar-refractivity contribution is 0.102. The average Bonchev–Trinajstić information content (AvgIpc) is 3.02. The molecule has 0 aromatic carbocycles. The molecule has 0 bridgehead atoms. The van der Waals surface area contributed by atoms with Gasteiger partial charge >= 0.3 is 0 Å². The molecule has 0 spiro atoms. The highest BCUT2D eigenvalue weighted by Gasteiger charge is 2.17. The molecule has 3 heterocycles. The number of anilines is 1. The SMILES string of the molecule is COc1ccc(C(=O)Nc2cc(-c3ccccn3)nn2C)c(OC)n1. The molecule has 0 unspecified atom stereocenters. The zero-order chi connectivity index (χ0) is 17.8. The molecule has 3 rings (SSSR count). The first kappa shape index (κ1) is 16.4. The Balaban J connectivity index is 1.86. The molecule has 1 N–H and O–H groups in total. The predicted octanol–water partition coefficient (Wildman–Crippen LogP) is 2.15. The summed E-state index contributed by atoms with van der Waals surface area (Å²) >= 11 is 0. The van der Waals surface area contributed by atoms with Gasteiger partial charge < -0.3 is 14.8 Å². The van der Waals surface area contributed by atoms with E-state index >= 15 is 0 Å². The Hall–Kier alpha value is -3.42. The molecule has 0 aliphatic rings. The van der Waals surface area contributed by atoms with Crippen LogP contribution < -0.4 is 14.8 Å². The van der Waals surface area contributed by atoms with Crippen molar-refractivity contribution >= 4 is 11.7 Å². The molecule has 128 valence electrons. The van der Waals surface area contributed by atoms with Crippen LogP contribution in [0.25, 0.3) is 11.4 Å². The molecule has 8 nitrogen and oxygen atoms in total. The minimum absolute atomic E-state index is 0.184. The zero-order valence-electron chi connectivity index (χ0n) is 14.1. The Kier molecular flexibility index (Phi) is 4.60. The summed E-state index contributed by atoms with van der Waals surface area (Å²) in [5.41, 5.74) is 1.68. The van der Waals surface area contributed by atoms with E-state index in [2.05, 4.69) is 20.4 Å². The minimum Gasteiger partial charge on any atom is -0.481 e. The van der Waals surface area contributed by atoms with Crippen LogP contribution in [0.1, 0.15) is 10.4 Å². The van der Waals surface area contributed by atoms with Crippen molar-refractivity contribution in [3.05, 3.63) is 48.2 Å². The van der Waals surface area contributed by atoms with Gasteiger partial charge in [0.1, 0.15) is 17.1 Å². The fourth-order valence-electron chi connectivity index (χ4n) is 2.27. The fraction of sp³-hybridized carbons (Fsp3) is 0.176. The minimum atomic E-state index is -0.359. The lowest BCUT2D eigenvalue weighted by Gasteiger charge is -2.09. The Labute approximate surface area is 144 Å². The van der Waals surface area contributed by atoms with Crippen molar-refractivity contribution in [3.8, 4) is 23.1 Å². The second-order valence-corrected chi connectivity index (χ2v) is 5.12. The molecule has 0 fully saturated rings. The second-order valence-electron chi connectivity index (χ2n) is 5.12. The van der Waals surface area contributed by atoms with E-state index in [1.807, 2.05) is 18.2 Å². The number of nitrogens with one attached hydrogen (secondary N) is 1. The first-order chi connectivity index (χ1) is 12.1. The van der Waals surface area contributed by atoms with Gasteiger partial charge in [0, 0.05) is 25.4 Å². The van der Waals surface area contributed by atoms with Gasteiger partial charge in [-0.3, -0.25) is 14.5 Å². The lowest BCUT2D eigenvalue weighted by Crippen LogP contribution is -2.16. The van der Waals surface area contributed by atoms with E-state index in [4.69, 9.17) is 9.47 Å². The molecular formula is C17H17N5O3. The monoisotopic (exact) mass is 339 g/mol. The summed E-state index contributed by atoms with van der Waals surface area (Å²) in [6, 6.07) is 10.5. The van der Waals surface area contributed by atoms with Gasteiger partial charge in [0.2, 0.25) is 11.8 Å². The van der Waals surface area contributed by atoms with Gasteiger partial charge in [-0.1, -0.05) is 6.07 Å². The number of pyridine rings is 2. The quantitative estimate of drug-likeness (QED) is 0.766. The van der Waals surface area contributed by atoms with Crippen molar-refractivity contribution < 1.29 is 14.3 Å². The third-order valence-corrected chi connectivity index (χ3v) is 3.53. The number of carbonyl (C=O) groups excluding carboxylic acids is 1. The van der Waals surface area contributed by atoms with E-state index in [0.717, 1.165) is 5.69 Å². The Morgan fingerprint density at radius 3 is 2.64 bits per heavy atom. The van der Waals surface area contributed by atoms with E-state index in [0.29, 0.717) is 23.0 Å². The predicted molar refractivity (Wildman–Crippen MR) is 91.7 cm³/mol. The number of carbonyl (C=O) groups is 1. The maximum atomic E-state index is 12.6. The summed E-state index contributed by atoms with van der Waals surface area (Å²) in [4.78, 5) is 20.9. The third-order valence-electron chi connectivity index (χ3n) is 3.53. The maximum Gasteiger partial charge on any atom is 0.262 e. The summed E-state index contributed by atoms with van der Waals surface area (Å²) < 4.78 is 11.8. The number of hydrogen-bond donors (Lipinski definition) is 1. The number of nitrogens with zero attached hydrogens (tertiary/aromatic N) is 4. The molecule has 1 amide bonds. The summed E-state index contributed by atoms with van der Waals surface area (Å²) in [7, 11) is 4.68. The van der Waals surface area contributed by atoms with Gasteiger partial charge in [-0.15, -0.1) is 0 Å². The van der Waals surface area contributed by atoms with E-state index in [9.17, 15) is 4.79 Å². The summed E-state index contributed by atoms with van der Waals surface area (Å²) in [6.45, 7) is 0. The number of hydrogen-bond acceptors (Lipinski definition) is 6. The molecule has 3 aromatic rings. The maximum absolute atomic E-state index is 12.6. The standard InChI is InChI=1S/C17H17N5O3/c1-22-14(10-13(21-22)12-6-4-5-9-18-12)19-16(23)11-7-8-15(24-2)20-17(11)25-3/h4-10H,1-3H3,(H,19,23). The molecule has 0 radical (unpaired) electrons. The van der Waals surface area contributed by atoms with Crippen LogP contribution in [0.15, 0.2) is 42.6 Å². The van der Waals surface area contributed by atoms with Crippen molar-refractivity contribution in [2.24, 2.45) is 7.05 Å². The molecule has 0 saturated heterocycles. The van der Waals surface area contributed by atoms with E-state index < -0.39 is 0 Å². The Bertz CT molecular complexity index is 893. The van der Waals surface area contributed by atoms with Crippen LogP contribution in [-0.2, 0) is 7.05 Å². The Morgan fingerprint density at radius 1 is 1.12 bits per heavy atom. The van der Waals surface area contributed by atoms with Crippen molar-refractivity contribution in [1.82, 2.24) is 19.7 Å². The Morgan fingerprint density at radius 2 is 1.96 bits per heavy atom. The molecule has 3 aromatic heterocycles. The van der Waals surface area contributed by atoms with Crippen LogP contribution in [0.2, 0.25) is 0 Å². The van der Waals surface area contributed by atoms with Crippen LogP contribution in [0.5, 0.6) is 11.8 Å². The molecular weight excluding hydrogens is 322 g/mol. The van der Waals surface area contributed by atoms with Gasteiger partial charge in [0.05, 0.1) is 19.9 Å². The molecule has 0 aliphatic heterocycles. The lowest BCUT2D eigenvalue weighted by atomic mass is 10.2. The van der Waals surface area contributed by atoms with Crippen LogP contribution >= 0.6 is 0 Å². The van der Waals surface area contributed by atoms with Gasteiger partial charge in [-0.05, 0) is 18.2 Å². The summed E-state index contributed by atoms with van der Waals surface area (Å²) in [5.74, 6) is 0.724. The number of aromatic nitrogens is 4.